The Bertz CT molecular complexity index is 484. The van der Waals surface area contributed by atoms with Crippen LogP contribution in [0.4, 0.5) is 5.69 Å². The molecule has 2 atom stereocenters. The summed E-state index contributed by atoms with van der Waals surface area (Å²) in [6.07, 6.45) is 1.14. The smallest absolute Gasteiger partial charge is 0.135 e. The number of rotatable bonds is 3. The Morgan fingerprint density at radius 1 is 1.38 bits per heavy atom. The molecule has 4 heteroatoms. The highest BCUT2D eigenvalue weighted by Gasteiger charge is 2.33. The number of hydrogen-bond acceptors (Lipinski definition) is 3. The van der Waals surface area contributed by atoms with Gasteiger partial charge in [0.2, 0.25) is 0 Å². The Morgan fingerprint density at radius 3 is 2.67 bits per heavy atom. The maximum Gasteiger partial charge on any atom is 0.135 e. The summed E-state index contributed by atoms with van der Waals surface area (Å²) >= 11 is 3.53. The van der Waals surface area contributed by atoms with Crippen LogP contribution in [0.1, 0.15) is 34.1 Å². The molecule has 1 aliphatic heterocycles. The van der Waals surface area contributed by atoms with E-state index in [1.165, 1.54) is 5.69 Å². The van der Waals surface area contributed by atoms with E-state index in [0.717, 1.165) is 29.7 Å². The van der Waals surface area contributed by atoms with E-state index >= 15 is 0 Å². The standard InChI is InChI=1S/C17H27BrN2O/c1-6-12-10-19-16(17(2,3)4)11-20(12)13-7-8-14(18)15(9-13)21-5/h7-9,12,16,19H,6,10-11H2,1-5H3. The molecule has 0 bridgehead atoms. The molecule has 1 saturated heterocycles. The van der Waals surface area contributed by atoms with Crippen LogP contribution in [0.3, 0.4) is 0 Å². The van der Waals surface area contributed by atoms with Crippen molar-refractivity contribution >= 4 is 21.6 Å². The van der Waals surface area contributed by atoms with Gasteiger partial charge in [-0.1, -0.05) is 27.7 Å². The topological polar surface area (TPSA) is 24.5 Å². The van der Waals surface area contributed by atoms with Crippen LogP contribution in [-0.4, -0.2) is 32.3 Å². The summed E-state index contributed by atoms with van der Waals surface area (Å²) in [6.45, 7) is 11.2. The summed E-state index contributed by atoms with van der Waals surface area (Å²) in [7, 11) is 1.72. The molecule has 0 spiro atoms. The Hall–Kier alpha value is -0.740. The lowest BCUT2D eigenvalue weighted by atomic mass is 9.84. The number of nitrogens with zero attached hydrogens (tertiary/aromatic N) is 1. The van der Waals surface area contributed by atoms with Gasteiger partial charge in [-0.2, -0.15) is 0 Å². The van der Waals surface area contributed by atoms with Gasteiger partial charge in [0.25, 0.3) is 0 Å². The van der Waals surface area contributed by atoms with Crippen LogP contribution in [-0.2, 0) is 0 Å². The summed E-state index contributed by atoms with van der Waals surface area (Å²) in [5, 5.41) is 3.72. The molecular weight excluding hydrogens is 328 g/mol. The van der Waals surface area contributed by atoms with Gasteiger partial charge in [-0.05, 0) is 39.9 Å². The first-order valence-electron chi connectivity index (χ1n) is 7.70. The largest absolute Gasteiger partial charge is 0.495 e. The van der Waals surface area contributed by atoms with Gasteiger partial charge >= 0.3 is 0 Å². The van der Waals surface area contributed by atoms with E-state index in [9.17, 15) is 0 Å². The van der Waals surface area contributed by atoms with E-state index in [4.69, 9.17) is 4.74 Å². The van der Waals surface area contributed by atoms with E-state index < -0.39 is 0 Å². The van der Waals surface area contributed by atoms with Gasteiger partial charge in [0.15, 0.2) is 0 Å². The number of methoxy groups -OCH3 is 1. The molecule has 2 rings (SSSR count). The number of ether oxygens (including phenoxy) is 1. The fourth-order valence-corrected chi connectivity index (χ4v) is 3.30. The molecule has 0 aliphatic carbocycles. The Morgan fingerprint density at radius 2 is 2.10 bits per heavy atom. The lowest BCUT2D eigenvalue weighted by Gasteiger charge is -2.46. The van der Waals surface area contributed by atoms with Gasteiger partial charge in [-0.3, -0.25) is 0 Å². The summed E-state index contributed by atoms with van der Waals surface area (Å²) < 4.78 is 6.45. The maximum atomic E-state index is 5.45. The van der Waals surface area contributed by atoms with Crippen LogP contribution in [0.15, 0.2) is 22.7 Å². The van der Waals surface area contributed by atoms with E-state index in [-0.39, 0.29) is 5.41 Å². The van der Waals surface area contributed by atoms with Crippen molar-refractivity contribution in [2.75, 3.05) is 25.1 Å². The number of hydrogen-bond donors (Lipinski definition) is 1. The van der Waals surface area contributed by atoms with E-state index in [2.05, 4.69) is 72.0 Å². The Labute approximate surface area is 137 Å². The van der Waals surface area contributed by atoms with Crippen molar-refractivity contribution < 1.29 is 4.74 Å². The summed E-state index contributed by atoms with van der Waals surface area (Å²) in [4.78, 5) is 2.53. The van der Waals surface area contributed by atoms with Gasteiger partial charge in [-0.25, -0.2) is 0 Å². The summed E-state index contributed by atoms with van der Waals surface area (Å²) in [5.74, 6) is 0.896. The van der Waals surface area contributed by atoms with Crippen LogP contribution in [0, 0.1) is 5.41 Å². The monoisotopic (exact) mass is 354 g/mol. The molecular formula is C17H27BrN2O. The van der Waals surface area contributed by atoms with Crippen molar-refractivity contribution in [3.8, 4) is 5.75 Å². The quantitative estimate of drug-likeness (QED) is 0.885. The average Bonchev–Trinajstić information content (AvgIpc) is 2.46. The molecule has 3 nitrogen and oxygen atoms in total. The zero-order valence-corrected chi connectivity index (χ0v) is 15.3. The Balaban J connectivity index is 2.29. The first-order valence-corrected chi connectivity index (χ1v) is 8.49. The van der Waals surface area contributed by atoms with Crippen LogP contribution in [0.5, 0.6) is 5.75 Å². The second kappa shape index (κ2) is 6.57. The van der Waals surface area contributed by atoms with Gasteiger partial charge in [0, 0.05) is 36.9 Å². The SMILES string of the molecule is CCC1CNC(C(C)(C)C)CN1c1ccc(Br)c(OC)c1. The lowest BCUT2D eigenvalue weighted by molar-refractivity contribution is 0.233. The molecule has 118 valence electrons. The third-order valence-electron chi connectivity index (χ3n) is 4.40. The highest BCUT2D eigenvalue weighted by molar-refractivity contribution is 9.10. The number of halogens is 1. The van der Waals surface area contributed by atoms with Crippen molar-refractivity contribution in [1.29, 1.82) is 0 Å². The van der Waals surface area contributed by atoms with Crippen LogP contribution in [0.25, 0.3) is 0 Å². The van der Waals surface area contributed by atoms with E-state index in [1.54, 1.807) is 7.11 Å². The minimum Gasteiger partial charge on any atom is -0.495 e. The molecule has 21 heavy (non-hydrogen) atoms. The molecule has 1 fully saturated rings. The molecule has 1 aliphatic rings. The normalized spacial score (nSPS) is 23.2. The van der Waals surface area contributed by atoms with Crippen LogP contribution >= 0.6 is 15.9 Å². The highest BCUT2D eigenvalue weighted by Crippen LogP contribution is 2.33. The fraction of sp³-hybridized carbons (Fsp3) is 0.647. The number of benzene rings is 1. The van der Waals surface area contributed by atoms with E-state index in [1.807, 2.05) is 0 Å². The second-order valence-electron chi connectivity index (χ2n) is 6.86. The van der Waals surface area contributed by atoms with Gasteiger partial charge in [-0.15, -0.1) is 0 Å². The molecule has 1 aromatic carbocycles. The van der Waals surface area contributed by atoms with Gasteiger partial charge in [0.1, 0.15) is 5.75 Å². The average molecular weight is 355 g/mol. The zero-order chi connectivity index (χ0) is 15.6. The number of anilines is 1. The minimum absolute atomic E-state index is 0.260. The second-order valence-corrected chi connectivity index (χ2v) is 7.71. The molecule has 0 saturated carbocycles. The lowest BCUT2D eigenvalue weighted by Crippen LogP contribution is -2.60. The highest BCUT2D eigenvalue weighted by atomic mass is 79.9. The summed E-state index contributed by atoms with van der Waals surface area (Å²) in [6, 6.07) is 7.43. The van der Waals surface area contributed by atoms with Gasteiger partial charge < -0.3 is 15.0 Å². The molecule has 0 amide bonds. The Kier molecular flexibility index (Phi) is 5.20. The first kappa shape index (κ1) is 16.6. The van der Waals surface area contributed by atoms with Gasteiger partial charge in [0.05, 0.1) is 11.6 Å². The predicted octanol–water partition coefficient (Wildman–Crippen LogP) is 4.06. The van der Waals surface area contributed by atoms with Crippen LogP contribution in [0.2, 0.25) is 0 Å². The van der Waals surface area contributed by atoms with Crippen molar-refractivity contribution in [2.45, 2.75) is 46.2 Å². The molecule has 1 aromatic rings. The van der Waals surface area contributed by atoms with E-state index in [0.29, 0.717) is 12.1 Å². The van der Waals surface area contributed by atoms with Crippen LogP contribution < -0.4 is 15.0 Å². The minimum atomic E-state index is 0.260. The fourth-order valence-electron chi connectivity index (χ4n) is 2.89. The summed E-state index contributed by atoms with van der Waals surface area (Å²) in [5.41, 5.74) is 1.51. The molecule has 0 aromatic heterocycles. The third kappa shape index (κ3) is 3.72. The van der Waals surface area contributed by atoms with Crippen molar-refractivity contribution in [1.82, 2.24) is 5.32 Å². The molecule has 1 heterocycles. The van der Waals surface area contributed by atoms with Crippen molar-refractivity contribution in [3.63, 3.8) is 0 Å². The zero-order valence-electron chi connectivity index (χ0n) is 13.7. The number of nitrogens with one attached hydrogen (secondary N) is 1. The number of piperazine rings is 1. The molecule has 0 radical (unpaired) electrons. The molecule has 2 unspecified atom stereocenters. The van der Waals surface area contributed by atoms with Crippen molar-refractivity contribution in [2.24, 2.45) is 5.41 Å². The maximum absolute atomic E-state index is 5.45. The third-order valence-corrected chi connectivity index (χ3v) is 5.06. The first-order chi connectivity index (χ1) is 9.86. The molecule has 1 N–H and O–H groups in total. The van der Waals surface area contributed by atoms with Crippen molar-refractivity contribution in [3.05, 3.63) is 22.7 Å². The predicted molar refractivity (Wildman–Crippen MR) is 93.4 cm³/mol.